The number of imidazole rings is 1. The van der Waals surface area contributed by atoms with Crippen LogP contribution < -0.4 is 0 Å². The number of unbranched alkanes of at least 4 members (excludes halogenated alkanes) is 2. The number of aliphatic imine (C=N–C) groups is 1. The molecule has 1 aliphatic rings. The maximum absolute atomic E-state index is 5.06. The summed E-state index contributed by atoms with van der Waals surface area (Å²) in [7, 11) is 0. The summed E-state index contributed by atoms with van der Waals surface area (Å²) in [5.41, 5.74) is 3.36. The van der Waals surface area contributed by atoms with Crippen LogP contribution in [0.15, 0.2) is 35.5 Å². The molecule has 2 aromatic rings. The third-order valence-corrected chi connectivity index (χ3v) is 4.63. The lowest BCUT2D eigenvalue weighted by atomic mass is 10.2. The Hall–Kier alpha value is -2.10. The number of hydrogen-bond donors (Lipinski definition) is 0. The molecule has 0 atom stereocenters. The molecule has 0 fully saturated rings. The summed E-state index contributed by atoms with van der Waals surface area (Å²) >= 11 is 0. The number of nitrogens with zero attached hydrogens (tertiary/aromatic N) is 4. The van der Waals surface area contributed by atoms with E-state index in [2.05, 4.69) is 59.5 Å². The van der Waals surface area contributed by atoms with Crippen molar-refractivity contribution in [3.05, 3.63) is 42.0 Å². The van der Waals surface area contributed by atoms with Gasteiger partial charge in [0.05, 0.1) is 17.8 Å². The van der Waals surface area contributed by atoms with Crippen LogP contribution in [0.1, 0.15) is 51.0 Å². The molecule has 0 bridgehead atoms. The number of aryl methyl sites for hydroxylation is 1. The SMILES string of the molecule is CCCCN(CCCC)C1=Nc2ccccc2-n2c(C)cnc2C1. The highest BCUT2D eigenvalue weighted by molar-refractivity contribution is 5.88. The minimum absolute atomic E-state index is 0.802. The molecule has 1 aromatic heterocycles. The highest BCUT2D eigenvalue weighted by atomic mass is 15.2. The van der Waals surface area contributed by atoms with Crippen molar-refractivity contribution in [3.8, 4) is 5.69 Å². The van der Waals surface area contributed by atoms with Crippen molar-refractivity contribution in [2.45, 2.75) is 52.9 Å². The maximum Gasteiger partial charge on any atom is 0.121 e. The van der Waals surface area contributed by atoms with Gasteiger partial charge in [0.2, 0.25) is 0 Å². The van der Waals surface area contributed by atoms with Crippen molar-refractivity contribution in [2.75, 3.05) is 13.1 Å². The predicted octanol–water partition coefficient (Wildman–Crippen LogP) is 4.67. The molecule has 1 aliphatic heterocycles. The molecule has 128 valence electrons. The normalized spacial score (nSPS) is 13.0. The van der Waals surface area contributed by atoms with Gasteiger partial charge in [0.1, 0.15) is 11.7 Å². The Morgan fingerprint density at radius 1 is 1.08 bits per heavy atom. The van der Waals surface area contributed by atoms with Crippen molar-refractivity contribution >= 4 is 11.5 Å². The summed E-state index contributed by atoms with van der Waals surface area (Å²) < 4.78 is 2.25. The van der Waals surface area contributed by atoms with E-state index in [0.717, 1.165) is 42.5 Å². The lowest BCUT2D eigenvalue weighted by Crippen LogP contribution is -2.34. The standard InChI is InChI=1S/C20H28N4/c1-4-6-12-23(13-7-5-2)20-14-19-21-15-16(3)24(19)18-11-9-8-10-17(18)22-20/h8-11,15H,4-7,12-14H2,1-3H3. The van der Waals surface area contributed by atoms with Crippen molar-refractivity contribution in [2.24, 2.45) is 4.99 Å². The number of para-hydroxylation sites is 2. The smallest absolute Gasteiger partial charge is 0.121 e. The van der Waals surface area contributed by atoms with Gasteiger partial charge in [0.25, 0.3) is 0 Å². The molecule has 1 aromatic carbocycles. The van der Waals surface area contributed by atoms with Crippen molar-refractivity contribution in [3.63, 3.8) is 0 Å². The van der Waals surface area contributed by atoms with E-state index < -0.39 is 0 Å². The van der Waals surface area contributed by atoms with Gasteiger partial charge < -0.3 is 4.90 Å². The van der Waals surface area contributed by atoms with Crippen LogP contribution in [0.5, 0.6) is 0 Å². The molecule has 0 radical (unpaired) electrons. The maximum atomic E-state index is 5.06. The number of hydrogen-bond acceptors (Lipinski definition) is 3. The molecule has 0 unspecified atom stereocenters. The average Bonchev–Trinajstić information content (AvgIpc) is 2.86. The number of benzene rings is 1. The van der Waals surface area contributed by atoms with Gasteiger partial charge in [0.15, 0.2) is 0 Å². The van der Waals surface area contributed by atoms with Gasteiger partial charge in [-0.2, -0.15) is 0 Å². The molecule has 4 nitrogen and oxygen atoms in total. The highest BCUT2D eigenvalue weighted by Crippen LogP contribution is 2.29. The molecule has 2 heterocycles. The number of fused-ring (bicyclic) bond motifs is 3. The molecule has 0 spiro atoms. The average molecular weight is 324 g/mol. The predicted molar refractivity (Wildman–Crippen MR) is 100 cm³/mol. The fourth-order valence-electron chi connectivity index (χ4n) is 3.26. The lowest BCUT2D eigenvalue weighted by Gasteiger charge is -2.25. The molecule has 24 heavy (non-hydrogen) atoms. The quantitative estimate of drug-likeness (QED) is 0.773. The van der Waals surface area contributed by atoms with Crippen LogP contribution in [0, 0.1) is 6.92 Å². The third-order valence-electron chi connectivity index (χ3n) is 4.63. The molecule has 3 rings (SSSR count). The van der Waals surface area contributed by atoms with Crippen LogP contribution in [0.25, 0.3) is 5.69 Å². The topological polar surface area (TPSA) is 33.4 Å². The fourth-order valence-corrected chi connectivity index (χ4v) is 3.26. The van der Waals surface area contributed by atoms with E-state index in [1.807, 2.05) is 6.20 Å². The molecule has 0 amide bonds. The molecule has 0 saturated carbocycles. The Morgan fingerprint density at radius 2 is 1.79 bits per heavy atom. The molecule has 0 saturated heterocycles. The first kappa shape index (κ1) is 16.7. The van der Waals surface area contributed by atoms with Crippen LogP contribution in [0.4, 0.5) is 5.69 Å². The van der Waals surface area contributed by atoms with Crippen molar-refractivity contribution < 1.29 is 0 Å². The summed E-state index contributed by atoms with van der Waals surface area (Å²) in [6.07, 6.45) is 7.60. The fraction of sp³-hybridized carbons (Fsp3) is 0.500. The van der Waals surface area contributed by atoms with Crippen LogP contribution in [-0.2, 0) is 6.42 Å². The molecule has 0 aliphatic carbocycles. The Bertz CT molecular complexity index is 706. The summed E-state index contributed by atoms with van der Waals surface area (Å²) in [4.78, 5) is 12.2. The largest absolute Gasteiger partial charge is 0.360 e. The minimum atomic E-state index is 0.802. The number of aromatic nitrogens is 2. The zero-order valence-corrected chi connectivity index (χ0v) is 15.1. The molecule has 0 N–H and O–H groups in total. The molecular weight excluding hydrogens is 296 g/mol. The van der Waals surface area contributed by atoms with Gasteiger partial charge in [-0.05, 0) is 31.9 Å². The van der Waals surface area contributed by atoms with E-state index in [1.165, 1.54) is 31.4 Å². The summed E-state index contributed by atoms with van der Waals surface area (Å²) in [6.45, 7) is 8.77. The first-order valence-electron chi connectivity index (χ1n) is 9.19. The first-order chi connectivity index (χ1) is 11.7. The Labute approximate surface area is 145 Å². The van der Waals surface area contributed by atoms with Gasteiger partial charge >= 0.3 is 0 Å². The zero-order valence-electron chi connectivity index (χ0n) is 15.1. The van der Waals surface area contributed by atoms with E-state index in [0.29, 0.717) is 0 Å². The second-order valence-corrected chi connectivity index (χ2v) is 6.54. The van der Waals surface area contributed by atoms with E-state index in [-0.39, 0.29) is 0 Å². The van der Waals surface area contributed by atoms with Gasteiger partial charge in [0, 0.05) is 25.0 Å². The Balaban J connectivity index is 2.01. The summed E-state index contributed by atoms with van der Waals surface area (Å²) in [6, 6.07) is 8.40. The van der Waals surface area contributed by atoms with Crippen molar-refractivity contribution in [1.82, 2.24) is 14.5 Å². The number of rotatable bonds is 6. The Morgan fingerprint density at radius 3 is 2.50 bits per heavy atom. The van der Waals surface area contributed by atoms with Gasteiger partial charge in [-0.25, -0.2) is 9.98 Å². The van der Waals surface area contributed by atoms with E-state index >= 15 is 0 Å². The summed E-state index contributed by atoms with van der Waals surface area (Å²) in [5, 5.41) is 0. The second-order valence-electron chi connectivity index (χ2n) is 6.54. The lowest BCUT2D eigenvalue weighted by molar-refractivity contribution is 0.392. The molecular formula is C20H28N4. The summed E-state index contributed by atoms with van der Waals surface area (Å²) in [5.74, 6) is 2.25. The van der Waals surface area contributed by atoms with Gasteiger partial charge in [-0.1, -0.05) is 38.8 Å². The first-order valence-corrected chi connectivity index (χ1v) is 9.19. The van der Waals surface area contributed by atoms with Crippen LogP contribution in [0.2, 0.25) is 0 Å². The number of amidine groups is 1. The second kappa shape index (κ2) is 7.65. The van der Waals surface area contributed by atoms with E-state index in [4.69, 9.17) is 4.99 Å². The minimum Gasteiger partial charge on any atom is -0.360 e. The third kappa shape index (κ3) is 3.37. The Kier molecular flexibility index (Phi) is 5.34. The highest BCUT2D eigenvalue weighted by Gasteiger charge is 2.21. The molecule has 4 heteroatoms. The van der Waals surface area contributed by atoms with Crippen LogP contribution in [0.3, 0.4) is 0 Å². The van der Waals surface area contributed by atoms with Crippen LogP contribution in [-0.4, -0.2) is 33.4 Å². The van der Waals surface area contributed by atoms with Gasteiger partial charge in [-0.3, -0.25) is 4.57 Å². The van der Waals surface area contributed by atoms with Crippen molar-refractivity contribution in [1.29, 1.82) is 0 Å². The zero-order chi connectivity index (χ0) is 16.9. The van der Waals surface area contributed by atoms with E-state index in [1.54, 1.807) is 0 Å². The monoisotopic (exact) mass is 324 g/mol. The van der Waals surface area contributed by atoms with Crippen LogP contribution >= 0.6 is 0 Å². The van der Waals surface area contributed by atoms with E-state index in [9.17, 15) is 0 Å². The van der Waals surface area contributed by atoms with Gasteiger partial charge in [-0.15, -0.1) is 0 Å².